The standard InChI is InChI=1S/C17H25N3O2S/c1-2-14-12-7-10-23-15(12)6-9-20(14)11-16(21)19-13-5-3-4-8-18-17(13)22/h7,10,13-14H,2-6,8-9,11H2,1H3,(H,18,22)(H,19,21). The van der Waals surface area contributed by atoms with Crippen LogP contribution in [-0.4, -0.2) is 42.4 Å². The SMILES string of the molecule is CCC1c2ccsc2CCN1CC(=O)NC1CCCCNC1=O. The van der Waals surface area contributed by atoms with Gasteiger partial charge in [0.25, 0.3) is 0 Å². The molecule has 1 saturated heterocycles. The molecule has 3 rings (SSSR count). The fraction of sp³-hybridized carbons (Fsp3) is 0.647. The minimum Gasteiger partial charge on any atom is -0.354 e. The molecule has 23 heavy (non-hydrogen) atoms. The van der Waals surface area contributed by atoms with Crippen molar-refractivity contribution in [2.45, 2.75) is 51.1 Å². The fourth-order valence-electron chi connectivity index (χ4n) is 3.62. The van der Waals surface area contributed by atoms with Gasteiger partial charge in [-0.25, -0.2) is 0 Å². The molecule has 2 unspecified atom stereocenters. The minimum atomic E-state index is -0.369. The number of rotatable bonds is 4. The number of nitrogens with zero attached hydrogens (tertiary/aromatic N) is 1. The van der Waals surface area contributed by atoms with Crippen molar-refractivity contribution < 1.29 is 9.59 Å². The molecule has 0 aliphatic carbocycles. The highest BCUT2D eigenvalue weighted by Gasteiger charge is 2.29. The predicted molar refractivity (Wildman–Crippen MR) is 91.4 cm³/mol. The van der Waals surface area contributed by atoms with Crippen LogP contribution >= 0.6 is 11.3 Å². The van der Waals surface area contributed by atoms with Crippen LogP contribution in [0.5, 0.6) is 0 Å². The molecule has 0 bridgehead atoms. The van der Waals surface area contributed by atoms with Gasteiger partial charge in [0.15, 0.2) is 0 Å². The van der Waals surface area contributed by atoms with E-state index in [0.717, 1.165) is 45.2 Å². The van der Waals surface area contributed by atoms with Crippen molar-refractivity contribution in [3.05, 3.63) is 21.9 Å². The first-order valence-electron chi connectivity index (χ1n) is 8.56. The van der Waals surface area contributed by atoms with Gasteiger partial charge in [-0.2, -0.15) is 0 Å². The van der Waals surface area contributed by atoms with Gasteiger partial charge in [-0.1, -0.05) is 6.92 Å². The molecule has 5 nitrogen and oxygen atoms in total. The van der Waals surface area contributed by atoms with Crippen LogP contribution in [0, 0.1) is 0 Å². The lowest BCUT2D eigenvalue weighted by Crippen LogP contribution is -2.49. The highest BCUT2D eigenvalue weighted by atomic mass is 32.1. The van der Waals surface area contributed by atoms with E-state index in [4.69, 9.17) is 0 Å². The van der Waals surface area contributed by atoms with Crippen molar-refractivity contribution >= 4 is 23.2 Å². The maximum atomic E-state index is 12.4. The molecule has 0 aromatic carbocycles. The Morgan fingerprint density at radius 2 is 2.35 bits per heavy atom. The number of amides is 2. The third-order valence-electron chi connectivity index (χ3n) is 4.81. The van der Waals surface area contributed by atoms with Gasteiger partial charge >= 0.3 is 0 Å². The van der Waals surface area contributed by atoms with Crippen molar-refractivity contribution in [2.24, 2.45) is 0 Å². The quantitative estimate of drug-likeness (QED) is 0.883. The van der Waals surface area contributed by atoms with Crippen LogP contribution in [0.4, 0.5) is 0 Å². The maximum Gasteiger partial charge on any atom is 0.242 e. The lowest BCUT2D eigenvalue weighted by atomic mass is 9.98. The molecule has 126 valence electrons. The summed E-state index contributed by atoms with van der Waals surface area (Å²) in [6, 6.07) is 2.14. The summed E-state index contributed by atoms with van der Waals surface area (Å²) in [6.07, 6.45) is 4.72. The van der Waals surface area contributed by atoms with Crippen LogP contribution < -0.4 is 10.6 Å². The van der Waals surface area contributed by atoms with Crippen molar-refractivity contribution in [3.63, 3.8) is 0 Å². The van der Waals surface area contributed by atoms with Crippen LogP contribution in [0.25, 0.3) is 0 Å². The number of thiophene rings is 1. The molecule has 0 radical (unpaired) electrons. The number of hydrogen-bond donors (Lipinski definition) is 2. The van der Waals surface area contributed by atoms with Crippen molar-refractivity contribution in [1.82, 2.24) is 15.5 Å². The maximum absolute atomic E-state index is 12.4. The Hall–Kier alpha value is -1.40. The van der Waals surface area contributed by atoms with Gasteiger partial charge in [-0.3, -0.25) is 14.5 Å². The van der Waals surface area contributed by atoms with Crippen LogP contribution in [0.3, 0.4) is 0 Å². The second kappa shape index (κ2) is 7.45. The molecule has 6 heteroatoms. The Labute approximate surface area is 141 Å². The molecule has 1 aromatic rings. The van der Waals surface area contributed by atoms with E-state index >= 15 is 0 Å². The van der Waals surface area contributed by atoms with Crippen LogP contribution in [0.15, 0.2) is 11.4 Å². The molecule has 3 heterocycles. The Morgan fingerprint density at radius 1 is 1.48 bits per heavy atom. The van der Waals surface area contributed by atoms with Crippen molar-refractivity contribution in [3.8, 4) is 0 Å². The first-order valence-corrected chi connectivity index (χ1v) is 9.44. The smallest absolute Gasteiger partial charge is 0.242 e. The summed E-state index contributed by atoms with van der Waals surface area (Å²) in [5, 5.41) is 7.94. The van der Waals surface area contributed by atoms with E-state index in [2.05, 4.69) is 33.9 Å². The van der Waals surface area contributed by atoms with Gasteiger partial charge in [-0.15, -0.1) is 11.3 Å². The summed E-state index contributed by atoms with van der Waals surface area (Å²) in [5.74, 6) is -0.0779. The average molecular weight is 335 g/mol. The summed E-state index contributed by atoms with van der Waals surface area (Å²) in [6.45, 7) is 4.17. The third kappa shape index (κ3) is 3.75. The zero-order chi connectivity index (χ0) is 16.2. The highest BCUT2D eigenvalue weighted by Crippen LogP contribution is 2.34. The van der Waals surface area contributed by atoms with Gasteiger partial charge < -0.3 is 10.6 Å². The molecule has 1 aromatic heterocycles. The Bertz CT molecular complexity index is 572. The van der Waals surface area contributed by atoms with E-state index in [-0.39, 0.29) is 17.9 Å². The molecular formula is C17H25N3O2S. The van der Waals surface area contributed by atoms with Gasteiger partial charge in [0.2, 0.25) is 11.8 Å². The first-order chi connectivity index (χ1) is 11.2. The van der Waals surface area contributed by atoms with Gasteiger partial charge in [0.05, 0.1) is 6.54 Å². The summed E-state index contributed by atoms with van der Waals surface area (Å²) in [5.41, 5.74) is 1.38. The van der Waals surface area contributed by atoms with E-state index in [1.807, 2.05) is 11.3 Å². The van der Waals surface area contributed by atoms with E-state index in [1.54, 1.807) is 0 Å². The lowest BCUT2D eigenvalue weighted by molar-refractivity contribution is -0.129. The monoisotopic (exact) mass is 335 g/mol. The molecule has 0 spiro atoms. The molecule has 1 fully saturated rings. The highest BCUT2D eigenvalue weighted by molar-refractivity contribution is 7.10. The summed E-state index contributed by atoms with van der Waals surface area (Å²) in [7, 11) is 0. The number of carbonyl (C=O) groups is 2. The normalized spacial score (nSPS) is 25.3. The van der Waals surface area contributed by atoms with E-state index in [0.29, 0.717) is 12.6 Å². The number of hydrogen-bond acceptors (Lipinski definition) is 4. The second-order valence-corrected chi connectivity index (χ2v) is 7.35. The summed E-state index contributed by atoms with van der Waals surface area (Å²) >= 11 is 1.82. The predicted octanol–water partition coefficient (Wildman–Crippen LogP) is 1.84. The van der Waals surface area contributed by atoms with Crippen LogP contribution in [0.1, 0.15) is 49.1 Å². The van der Waals surface area contributed by atoms with Gasteiger partial charge in [0.1, 0.15) is 6.04 Å². The third-order valence-corrected chi connectivity index (χ3v) is 5.81. The molecule has 2 amide bonds. The Balaban J connectivity index is 1.60. The fourth-order valence-corrected chi connectivity index (χ4v) is 4.55. The Morgan fingerprint density at radius 3 is 3.17 bits per heavy atom. The first kappa shape index (κ1) is 16.5. The molecular weight excluding hydrogens is 310 g/mol. The molecule has 2 N–H and O–H groups in total. The Kier molecular flexibility index (Phi) is 5.33. The molecule has 2 aliphatic rings. The summed E-state index contributed by atoms with van der Waals surface area (Å²) < 4.78 is 0. The van der Waals surface area contributed by atoms with Gasteiger partial charge in [0, 0.05) is 24.0 Å². The average Bonchev–Trinajstić information content (AvgIpc) is 2.92. The molecule has 2 aliphatic heterocycles. The zero-order valence-electron chi connectivity index (χ0n) is 13.6. The van der Waals surface area contributed by atoms with Crippen LogP contribution in [-0.2, 0) is 16.0 Å². The largest absolute Gasteiger partial charge is 0.354 e. The van der Waals surface area contributed by atoms with Gasteiger partial charge in [-0.05, 0) is 49.1 Å². The van der Waals surface area contributed by atoms with E-state index in [9.17, 15) is 9.59 Å². The van der Waals surface area contributed by atoms with E-state index < -0.39 is 0 Å². The molecule has 2 atom stereocenters. The van der Waals surface area contributed by atoms with Crippen LogP contribution in [0.2, 0.25) is 0 Å². The minimum absolute atomic E-state index is 0.0378. The number of nitrogens with one attached hydrogen (secondary N) is 2. The summed E-state index contributed by atoms with van der Waals surface area (Å²) in [4.78, 5) is 28.1. The van der Waals surface area contributed by atoms with Crippen molar-refractivity contribution in [2.75, 3.05) is 19.6 Å². The lowest BCUT2D eigenvalue weighted by Gasteiger charge is -2.35. The van der Waals surface area contributed by atoms with E-state index in [1.165, 1.54) is 10.4 Å². The topological polar surface area (TPSA) is 61.4 Å². The number of fused-ring (bicyclic) bond motifs is 1. The second-order valence-electron chi connectivity index (χ2n) is 6.35. The van der Waals surface area contributed by atoms with Crippen molar-refractivity contribution in [1.29, 1.82) is 0 Å². The zero-order valence-corrected chi connectivity index (χ0v) is 14.5. The number of carbonyl (C=O) groups excluding carboxylic acids is 2. The molecule has 0 saturated carbocycles.